The van der Waals surface area contributed by atoms with E-state index in [1.807, 2.05) is 63.2 Å². The van der Waals surface area contributed by atoms with Gasteiger partial charge in [0.2, 0.25) is 12.7 Å². The summed E-state index contributed by atoms with van der Waals surface area (Å²) in [7, 11) is 1.57. The molecule has 0 fully saturated rings. The van der Waals surface area contributed by atoms with Crippen molar-refractivity contribution in [1.82, 2.24) is 14.9 Å². The zero-order valence-corrected chi connectivity index (χ0v) is 24.7. The first-order valence-corrected chi connectivity index (χ1v) is 14.4. The Hall–Kier alpha value is -4.57. The first-order valence-electron chi connectivity index (χ1n) is 13.4. The second-order valence-electron chi connectivity index (χ2n) is 9.91. The predicted octanol–water partition coefficient (Wildman–Crippen LogP) is 5.64. The SMILES string of the molecule is COc1cccc(C(C(=O)Nc2ccc3c(c2)OCO3)N(Cc2ccccc2C)C(=O)CSc2nc(C)cc(C)n2)c1. The fourth-order valence-corrected chi connectivity index (χ4v) is 5.57. The number of aryl methyl sites for hydroxylation is 3. The smallest absolute Gasteiger partial charge is 0.251 e. The van der Waals surface area contributed by atoms with Crippen molar-refractivity contribution in [3.63, 3.8) is 0 Å². The van der Waals surface area contributed by atoms with E-state index in [0.29, 0.717) is 33.7 Å². The number of aromatic nitrogens is 2. The molecule has 1 aliphatic heterocycles. The summed E-state index contributed by atoms with van der Waals surface area (Å²) >= 11 is 1.25. The van der Waals surface area contributed by atoms with E-state index in [2.05, 4.69) is 15.3 Å². The molecule has 2 heterocycles. The molecule has 0 saturated heterocycles. The van der Waals surface area contributed by atoms with Gasteiger partial charge >= 0.3 is 0 Å². The van der Waals surface area contributed by atoms with Crippen molar-refractivity contribution in [1.29, 1.82) is 0 Å². The van der Waals surface area contributed by atoms with E-state index >= 15 is 0 Å². The van der Waals surface area contributed by atoms with Crippen molar-refractivity contribution in [3.8, 4) is 17.2 Å². The minimum atomic E-state index is -0.974. The number of anilines is 1. The van der Waals surface area contributed by atoms with Gasteiger partial charge in [0.1, 0.15) is 11.8 Å². The lowest BCUT2D eigenvalue weighted by atomic mass is 10.0. The predicted molar refractivity (Wildman–Crippen MR) is 161 cm³/mol. The Morgan fingerprint density at radius 2 is 1.71 bits per heavy atom. The second-order valence-corrected chi connectivity index (χ2v) is 10.8. The summed E-state index contributed by atoms with van der Waals surface area (Å²) in [4.78, 5) is 38.8. The molecule has 5 rings (SSSR count). The molecule has 0 spiro atoms. The van der Waals surface area contributed by atoms with E-state index < -0.39 is 6.04 Å². The van der Waals surface area contributed by atoms with Crippen molar-refractivity contribution in [3.05, 3.63) is 101 Å². The van der Waals surface area contributed by atoms with Gasteiger partial charge in [-0.05, 0) is 67.8 Å². The number of carbonyl (C=O) groups excluding carboxylic acids is 2. The highest BCUT2D eigenvalue weighted by molar-refractivity contribution is 7.99. The lowest BCUT2D eigenvalue weighted by molar-refractivity contribution is -0.137. The van der Waals surface area contributed by atoms with Crippen LogP contribution in [0, 0.1) is 20.8 Å². The summed E-state index contributed by atoms with van der Waals surface area (Å²) in [6.45, 7) is 6.12. The number of thioether (sulfide) groups is 1. The highest BCUT2D eigenvalue weighted by Crippen LogP contribution is 2.35. The zero-order chi connectivity index (χ0) is 29.6. The molecule has 10 heteroatoms. The van der Waals surface area contributed by atoms with Gasteiger partial charge in [-0.25, -0.2) is 9.97 Å². The maximum Gasteiger partial charge on any atom is 0.251 e. The Morgan fingerprint density at radius 3 is 2.48 bits per heavy atom. The van der Waals surface area contributed by atoms with Crippen molar-refractivity contribution in [2.24, 2.45) is 0 Å². The molecule has 42 heavy (non-hydrogen) atoms. The number of fused-ring (bicyclic) bond motifs is 1. The van der Waals surface area contributed by atoms with Gasteiger partial charge in [-0.2, -0.15) is 0 Å². The number of hydrogen-bond donors (Lipinski definition) is 1. The summed E-state index contributed by atoms with van der Waals surface area (Å²) in [5, 5.41) is 3.50. The largest absolute Gasteiger partial charge is 0.497 e. The number of methoxy groups -OCH3 is 1. The number of amides is 2. The van der Waals surface area contributed by atoms with Crippen LogP contribution in [0.1, 0.15) is 34.1 Å². The van der Waals surface area contributed by atoms with Crippen LogP contribution in [-0.2, 0) is 16.1 Å². The Bertz CT molecular complexity index is 1590. The summed E-state index contributed by atoms with van der Waals surface area (Å²) in [5.74, 6) is 1.17. The molecular formula is C32H32N4O5S. The monoisotopic (exact) mass is 584 g/mol. The van der Waals surface area contributed by atoms with Crippen LogP contribution >= 0.6 is 11.8 Å². The van der Waals surface area contributed by atoms with Crippen LogP contribution in [0.2, 0.25) is 0 Å². The molecule has 4 aromatic rings. The van der Waals surface area contributed by atoms with Crippen molar-refractivity contribution in [2.45, 2.75) is 38.5 Å². The molecule has 0 saturated carbocycles. The van der Waals surface area contributed by atoms with E-state index in [1.165, 1.54) is 11.8 Å². The molecule has 2 amide bonds. The Morgan fingerprint density at radius 1 is 0.952 bits per heavy atom. The van der Waals surface area contributed by atoms with E-state index in [-0.39, 0.29) is 30.9 Å². The number of benzene rings is 3. The molecule has 1 aromatic heterocycles. The summed E-state index contributed by atoms with van der Waals surface area (Å²) in [5.41, 5.74) is 4.74. The minimum absolute atomic E-state index is 0.0482. The van der Waals surface area contributed by atoms with Crippen molar-refractivity contribution in [2.75, 3.05) is 25.0 Å². The number of nitrogens with one attached hydrogen (secondary N) is 1. The molecule has 3 aromatic carbocycles. The third-order valence-corrected chi connectivity index (χ3v) is 7.65. The third-order valence-electron chi connectivity index (χ3n) is 6.82. The summed E-state index contributed by atoms with van der Waals surface area (Å²) in [6.07, 6.45) is 0. The van der Waals surface area contributed by atoms with Crippen LogP contribution in [0.4, 0.5) is 5.69 Å². The summed E-state index contributed by atoms with van der Waals surface area (Å²) in [6, 6.07) is 21.2. The Balaban J connectivity index is 1.51. The normalized spacial score (nSPS) is 12.5. The summed E-state index contributed by atoms with van der Waals surface area (Å²) < 4.78 is 16.4. The lowest BCUT2D eigenvalue weighted by Gasteiger charge is -2.32. The fraction of sp³-hybridized carbons (Fsp3) is 0.250. The molecule has 1 aliphatic rings. The van der Waals surface area contributed by atoms with E-state index in [4.69, 9.17) is 14.2 Å². The first-order chi connectivity index (χ1) is 20.3. The van der Waals surface area contributed by atoms with Gasteiger partial charge in [-0.15, -0.1) is 0 Å². The number of nitrogens with zero attached hydrogens (tertiary/aromatic N) is 3. The highest BCUT2D eigenvalue weighted by atomic mass is 32.2. The van der Waals surface area contributed by atoms with Gasteiger partial charge < -0.3 is 24.4 Å². The zero-order valence-electron chi connectivity index (χ0n) is 23.9. The maximum atomic E-state index is 14.1. The molecule has 216 valence electrons. The van der Waals surface area contributed by atoms with Crippen LogP contribution in [0.5, 0.6) is 17.2 Å². The van der Waals surface area contributed by atoms with Crippen LogP contribution in [0.3, 0.4) is 0 Å². The molecule has 9 nitrogen and oxygen atoms in total. The van der Waals surface area contributed by atoms with E-state index in [1.54, 1.807) is 42.3 Å². The lowest BCUT2D eigenvalue weighted by Crippen LogP contribution is -2.42. The van der Waals surface area contributed by atoms with Crippen LogP contribution in [0.15, 0.2) is 78.0 Å². The Labute approximate surface area is 249 Å². The highest BCUT2D eigenvalue weighted by Gasteiger charge is 2.33. The van der Waals surface area contributed by atoms with E-state index in [9.17, 15) is 9.59 Å². The van der Waals surface area contributed by atoms with Gasteiger partial charge in [0, 0.05) is 29.7 Å². The average molecular weight is 585 g/mol. The molecule has 1 unspecified atom stereocenters. The van der Waals surface area contributed by atoms with Crippen molar-refractivity contribution < 1.29 is 23.8 Å². The van der Waals surface area contributed by atoms with Gasteiger partial charge in [0.05, 0.1) is 12.9 Å². The Kier molecular flexibility index (Phi) is 8.92. The molecule has 0 bridgehead atoms. The van der Waals surface area contributed by atoms with Crippen LogP contribution < -0.4 is 19.5 Å². The van der Waals surface area contributed by atoms with E-state index in [0.717, 1.165) is 22.5 Å². The number of carbonyl (C=O) groups is 2. The van der Waals surface area contributed by atoms with Crippen molar-refractivity contribution >= 4 is 29.3 Å². The molecule has 0 aliphatic carbocycles. The third kappa shape index (κ3) is 6.83. The average Bonchev–Trinajstić information content (AvgIpc) is 3.44. The van der Waals surface area contributed by atoms with Gasteiger partial charge in [-0.1, -0.05) is 48.2 Å². The van der Waals surface area contributed by atoms with Crippen LogP contribution in [0.25, 0.3) is 0 Å². The minimum Gasteiger partial charge on any atom is -0.497 e. The fourth-order valence-electron chi connectivity index (χ4n) is 4.73. The van der Waals surface area contributed by atoms with Gasteiger partial charge in [-0.3, -0.25) is 9.59 Å². The molecule has 0 radical (unpaired) electrons. The van der Waals surface area contributed by atoms with Gasteiger partial charge in [0.25, 0.3) is 5.91 Å². The van der Waals surface area contributed by atoms with Crippen LogP contribution in [-0.4, -0.2) is 46.3 Å². The molecule has 1 atom stereocenters. The number of rotatable bonds is 10. The molecular weight excluding hydrogens is 552 g/mol. The standard InChI is InChI=1S/C32H32N4O5S/c1-20-8-5-6-9-24(20)17-36(29(37)18-42-32-33-21(2)14-22(3)34-32)30(23-10-7-11-26(15-23)39-4)31(38)35-25-12-13-27-28(16-25)41-19-40-27/h5-16,30H,17-19H2,1-4H3,(H,35,38). The number of hydrogen-bond acceptors (Lipinski definition) is 8. The first kappa shape index (κ1) is 28.9. The topological polar surface area (TPSA) is 103 Å². The molecule has 1 N–H and O–H groups in total. The number of ether oxygens (including phenoxy) is 3. The quantitative estimate of drug-likeness (QED) is 0.189. The second kappa shape index (κ2) is 12.9. The maximum absolute atomic E-state index is 14.1. The van der Waals surface area contributed by atoms with Gasteiger partial charge in [0.15, 0.2) is 16.7 Å².